The second-order valence-corrected chi connectivity index (χ2v) is 7.34. The lowest BCUT2D eigenvalue weighted by Gasteiger charge is -2.51. The van der Waals surface area contributed by atoms with E-state index in [2.05, 4.69) is 41.5 Å². The maximum absolute atomic E-state index is 9.99. The van der Waals surface area contributed by atoms with Crippen LogP contribution in [0.25, 0.3) is 0 Å². The largest absolute Gasteiger partial charge is 0.365 e. The average molecular weight is 216 g/mol. The Morgan fingerprint density at radius 1 is 0.733 bits per heavy atom. The number of hydrogen-bond acceptors (Lipinski definition) is 2. The molecule has 0 aromatic carbocycles. The molecule has 0 aromatic heterocycles. The SMILES string of the molecule is CC(C)(C)CC(C)(C(C)(C)C)C(C)(O)O. The van der Waals surface area contributed by atoms with Crippen LogP contribution in [0.3, 0.4) is 0 Å². The second-order valence-electron chi connectivity index (χ2n) is 7.34. The Morgan fingerprint density at radius 3 is 1.13 bits per heavy atom. The average Bonchev–Trinajstić information content (AvgIpc) is 1.77. The summed E-state index contributed by atoms with van der Waals surface area (Å²) in [6.07, 6.45) is 0.771. The fraction of sp³-hybridized carbons (Fsp3) is 1.00. The molecule has 1 unspecified atom stereocenters. The molecule has 0 rings (SSSR count). The topological polar surface area (TPSA) is 40.5 Å². The van der Waals surface area contributed by atoms with Crippen LogP contribution in [0, 0.1) is 16.2 Å². The van der Waals surface area contributed by atoms with Crippen molar-refractivity contribution >= 4 is 0 Å². The highest BCUT2D eigenvalue weighted by Crippen LogP contribution is 2.52. The molecule has 1 atom stereocenters. The van der Waals surface area contributed by atoms with Crippen molar-refractivity contribution in [2.45, 2.75) is 67.6 Å². The highest BCUT2D eigenvalue weighted by Gasteiger charge is 2.51. The van der Waals surface area contributed by atoms with E-state index >= 15 is 0 Å². The molecule has 0 amide bonds. The van der Waals surface area contributed by atoms with Crippen molar-refractivity contribution in [2.75, 3.05) is 0 Å². The smallest absolute Gasteiger partial charge is 0.165 e. The molecule has 0 bridgehead atoms. The summed E-state index contributed by atoms with van der Waals surface area (Å²) < 4.78 is 0. The Balaban J connectivity index is 5.26. The van der Waals surface area contributed by atoms with E-state index in [0.717, 1.165) is 6.42 Å². The van der Waals surface area contributed by atoms with Crippen LogP contribution in [0.15, 0.2) is 0 Å². The van der Waals surface area contributed by atoms with Gasteiger partial charge in [-0.25, -0.2) is 0 Å². The molecule has 0 spiro atoms. The van der Waals surface area contributed by atoms with Gasteiger partial charge in [0, 0.05) is 5.41 Å². The van der Waals surface area contributed by atoms with Gasteiger partial charge in [0.2, 0.25) is 0 Å². The quantitative estimate of drug-likeness (QED) is 0.696. The molecule has 0 aliphatic heterocycles. The fourth-order valence-electron chi connectivity index (χ4n) is 2.20. The van der Waals surface area contributed by atoms with Crippen LogP contribution in [0.5, 0.6) is 0 Å². The van der Waals surface area contributed by atoms with Gasteiger partial charge in [0.15, 0.2) is 5.79 Å². The number of rotatable bonds is 2. The van der Waals surface area contributed by atoms with Gasteiger partial charge in [-0.15, -0.1) is 0 Å². The van der Waals surface area contributed by atoms with Gasteiger partial charge in [-0.3, -0.25) is 0 Å². The van der Waals surface area contributed by atoms with Gasteiger partial charge in [-0.2, -0.15) is 0 Å². The van der Waals surface area contributed by atoms with Crippen molar-refractivity contribution < 1.29 is 10.2 Å². The molecule has 2 N–H and O–H groups in total. The molecule has 2 nitrogen and oxygen atoms in total. The van der Waals surface area contributed by atoms with Crippen LogP contribution < -0.4 is 0 Å². The lowest BCUT2D eigenvalue weighted by atomic mass is 9.57. The van der Waals surface area contributed by atoms with Crippen LogP contribution >= 0.6 is 0 Å². The molecule has 2 heteroatoms. The van der Waals surface area contributed by atoms with E-state index in [1.54, 1.807) is 0 Å². The van der Waals surface area contributed by atoms with Crippen molar-refractivity contribution in [3.05, 3.63) is 0 Å². The Kier molecular flexibility index (Phi) is 3.72. The van der Waals surface area contributed by atoms with Gasteiger partial charge in [0.1, 0.15) is 0 Å². The zero-order valence-electron chi connectivity index (χ0n) is 11.6. The summed E-state index contributed by atoms with van der Waals surface area (Å²) in [4.78, 5) is 0. The Hall–Kier alpha value is -0.0800. The highest BCUT2D eigenvalue weighted by atomic mass is 16.5. The number of hydrogen-bond donors (Lipinski definition) is 2. The lowest BCUT2D eigenvalue weighted by Crippen LogP contribution is -2.53. The first-order valence-corrected chi connectivity index (χ1v) is 5.65. The minimum absolute atomic E-state index is 0.0781. The fourth-order valence-corrected chi connectivity index (χ4v) is 2.20. The van der Waals surface area contributed by atoms with E-state index in [4.69, 9.17) is 0 Å². The first-order valence-electron chi connectivity index (χ1n) is 5.65. The van der Waals surface area contributed by atoms with Crippen molar-refractivity contribution in [3.63, 3.8) is 0 Å². The first kappa shape index (κ1) is 14.9. The van der Waals surface area contributed by atoms with E-state index in [9.17, 15) is 10.2 Å². The van der Waals surface area contributed by atoms with E-state index in [-0.39, 0.29) is 10.8 Å². The van der Waals surface area contributed by atoms with E-state index < -0.39 is 11.2 Å². The Morgan fingerprint density at radius 2 is 1.07 bits per heavy atom. The lowest BCUT2D eigenvalue weighted by molar-refractivity contribution is -0.264. The molecule has 15 heavy (non-hydrogen) atoms. The molecular weight excluding hydrogens is 188 g/mol. The van der Waals surface area contributed by atoms with Gasteiger partial charge >= 0.3 is 0 Å². The normalized spacial score (nSPS) is 18.8. The molecule has 0 aliphatic carbocycles. The van der Waals surface area contributed by atoms with Gasteiger partial charge in [-0.05, 0) is 24.2 Å². The molecular formula is C13H28O2. The minimum atomic E-state index is -1.65. The van der Waals surface area contributed by atoms with Crippen LogP contribution in [-0.4, -0.2) is 16.0 Å². The third-order valence-corrected chi connectivity index (χ3v) is 3.58. The van der Waals surface area contributed by atoms with Crippen LogP contribution in [0.4, 0.5) is 0 Å². The zero-order valence-corrected chi connectivity index (χ0v) is 11.6. The molecule has 0 saturated carbocycles. The van der Waals surface area contributed by atoms with Crippen molar-refractivity contribution in [2.24, 2.45) is 16.2 Å². The molecule has 0 radical (unpaired) electrons. The third-order valence-electron chi connectivity index (χ3n) is 3.58. The van der Waals surface area contributed by atoms with Crippen LogP contribution in [0.2, 0.25) is 0 Å². The maximum Gasteiger partial charge on any atom is 0.165 e. The van der Waals surface area contributed by atoms with Crippen molar-refractivity contribution in [3.8, 4) is 0 Å². The van der Waals surface area contributed by atoms with Crippen molar-refractivity contribution in [1.82, 2.24) is 0 Å². The summed E-state index contributed by atoms with van der Waals surface area (Å²) in [6.45, 7) is 16.0. The molecule has 0 aromatic rings. The van der Waals surface area contributed by atoms with Crippen LogP contribution in [-0.2, 0) is 0 Å². The zero-order chi connectivity index (χ0) is 12.7. The van der Waals surface area contributed by atoms with Gasteiger partial charge in [0.25, 0.3) is 0 Å². The van der Waals surface area contributed by atoms with Gasteiger partial charge < -0.3 is 10.2 Å². The van der Waals surface area contributed by atoms with Gasteiger partial charge in [0.05, 0.1) is 0 Å². The summed E-state index contributed by atoms with van der Waals surface area (Å²) in [5.41, 5.74) is -0.606. The summed E-state index contributed by atoms with van der Waals surface area (Å²) in [5.74, 6) is -1.65. The van der Waals surface area contributed by atoms with Crippen LogP contribution in [0.1, 0.15) is 61.8 Å². The summed E-state index contributed by atoms with van der Waals surface area (Å²) >= 11 is 0. The molecule has 0 fully saturated rings. The maximum atomic E-state index is 9.99. The molecule has 0 aliphatic rings. The van der Waals surface area contributed by atoms with Gasteiger partial charge in [-0.1, -0.05) is 48.5 Å². The summed E-state index contributed by atoms with van der Waals surface area (Å²) in [6, 6.07) is 0. The van der Waals surface area contributed by atoms with Crippen molar-refractivity contribution in [1.29, 1.82) is 0 Å². The minimum Gasteiger partial charge on any atom is -0.365 e. The highest BCUT2D eigenvalue weighted by molar-refractivity contribution is 4.96. The monoisotopic (exact) mass is 216 g/mol. The standard InChI is InChI=1S/C13H28O2/c1-10(2,3)9-12(7,11(4,5)6)13(8,14)15/h14-15H,9H2,1-8H3. The molecule has 0 saturated heterocycles. The first-order chi connectivity index (χ1) is 6.21. The molecule has 0 heterocycles. The Bertz CT molecular complexity index is 196. The predicted octanol–water partition coefficient (Wildman–Crippen LogP) is 3.18. The third kappa shape index (κ3) is 3.46. The predicted molar refractivity (Wildman–Crippen MR) is 64.5 cm³/mol. The molecule has 92 valence electrons. The summed E-state index contributed by atoms with van der Waals surface area (Å²) in [5, 5.41) is 20.0. The summed E-state index contributed by atoms with van der Waals surface area (Å²) in [7, 11) is 0. The second kappa shape index (κ2) is 3.74. The Labute approximate surface area is 94.7 Å². The van der Waals surface area contributed by atoms with E-state index in [1.165, 1.54) is 6.92 Å². The number of aliphatic hydroxyl groups is 2. The van der Waals surface area contributed by atoms with E-state index in [0.29, 0.717) is 0 Å². The van der Waals surface area contributed by atoms with E-state index in [1.807, 2.05) is 6.92 Å².